The molecule has 0 aromatic heterocycles. The number of carbonyl (C=O) groups is 1. The Labute approximate surface area is 118 Å². The molecule has 1 aromatic carbocycles. The Morgan fingerprint density at radius 3 is 2.35 bits per heavy atom. The van der Waals surface area contributed by atoms with Crippen molar-refractivity contribution in [3.8, 4) is 17.2 Å². The molecule has 2 N–H and O–H groups in total. The summed E-state index contributed by atoms with van der Waals surface area (Å²) in [6.45, 7) is 1.59. The molecule has 6 heteroatoms. The van der Waals surface area contributed by atoms with Gasteiger partial charge in [0.1, 0.15) is 5.75 Å². The minimum absolute atomic E-state index is 0.00666. The maximum absolute atomic E-state index is 12.2. The van der Waals surface area contributed by atoms with E-state index in [1.165, 1.54) is 0 Å². The second-order valence-electron chi connectivity index (χ2n) is 4.59. The molecule has 1 aromatic rings. The van der Waals surface area contributed by atoms with Crippen LogP contribution >= 0.6 is 0 Å². The molecule has 1 unspecified atom stereocenters. The molecular weight excluding hydrogens is 260 g/mol. The zero-order chi connectivity index (χ0) is 14.5. The summed E-state index contributed by atoms with van der Waals surface area (Å²) in [5.74, 6) is 1.63. The van der Waals surface area contributed by atoms with Gasteiger partial charge in [0.05, 0.1) is 32.9 Å². The molecule has 1 amide bonds. The van der Waals surface area contributed by atoms with E-state index >= 15 is 0 Å². The summed E-state index contributed by atoms with van der Waals surface area (Å²) in [4.78, 5) is 12.2. The van der Waals surface area contributed by atoms with E-state index in [0.717, 1.165) is 13.0 Å². The van der Waals surface area contributed by atoms with Gasteiger partial charge in [0.15, 0.2) is 11.5 Å². The zero-order valence-corrected chi connectivity index (χ0v) is 12.0. The third-order valence-corrected chi connectivity index (χ3v) is 3.39. The molecule has 0 spiro atoms. The standard InChI is InChI=1S/C14H20N2O4/c1-18-11-7-13(20-3)12(19-2)6-10(11)16-14(17)9-4-5-15-8-9/h6-7,9,15H,4-5,8H2,1-3H3,(H,16,17). The topological polar surface area (TPSA) is 68.8 Å². The normalized spacial score (nSPS) is 17.6. The van der Waals surface area contributed by atoms with E-state index in [1.807, 2.05) is 0 Å². The van der Waals surface area contributed by atoms with Gasteiger partial charge in [-0.3, -0.25) is 4.79 Å². The SMILES string of the molecule is COc1cc(OC)c(OC)cc1NC(=O)C1CCNC1. The third kappa shape index (κ3) is 2.96. The summed E-state index contributed by atoms with van der Waals surface area (Å²) < 4.78 is 15.7. The summed E-state index contributed by atoms with van der Waals surface area (Å²) in [6, 6.07) is 3.40. The fourth-order valence-corrected chi connectivity index (χ4v) is 2.24. The smallest absolute Gasteiger partial charge is 0.228 e. The Bertz CT molecular complexity index is 484. The van der Waals surface area contributed by atoms with Crippen LogP contribution in [0.1, 0.15) is 6.42 Å². The fraction of sp³-hybridized carbons (Fsp3) is 0.500. The number of hydrogen-bond donors (Lipinski definition) is 2. The molecule has 1 saturated heterocycles. The monoisotopic (exact) mass is 280 g/mol. The summed E-state index contributed by atoms with van der Waals surface area (Å²) in [7, 11) is 4.66. The van der Waals surface area contributed by atoms with E-state index in [-0.39, 0.29) is 11.8 Å². The van der Waals surface area contributed by atoms with Crippen molar-refractivity contribution >= 4 is 11.6 Å². The largest absolute Gasteiger partial charge is 0.494 e. The van der Waals surface area contributed by atoms with Crippen molar-refractivity contribution in [2.24, 2.45) is 5.92 Å². The summed E-state index contributed by atoms with van der Waals surface area (Å²) in [5.41, 5.74) is 0.585. The Hall–Kier alpha value is -1.95. The van der Waals surface area contributed by atoms with Crippen LogP contribution in [-0.4, -0.2) is 40.3 Å². The van der Waals surface area contributed by atoms with Gasteiger partial charge in [-0.05, 0) is 13.0 Å². The molecule has 2 rings (SSSR count). The molecule has 1 heterocycles. The van der Waals surface area contributed by atoms with Gasteiger partial charge in [-0.15, -0.1) is 0 Å². The first-order valence-electron chi connectivity index (χ1n) is 6.51. The van der Waals surface area contributed by atoms with Crippen LogP contribution in [0.5, 0.6) is 17.2 Å². The van der Waals surface area contributed by atoms with Gasteiger partial charge >= 0.3 is 0 Å². The Morgan fingerprint density at radius 2 is 1.80 bits per heavy atom. The van der Waals surface area contributed by atoms with Gasteiger partial charge in [-0.25, -0.2) is 0 Å². The molecular formula is C14H20N2O4. The Balaban J connectivity index is 2.22. The van der Waals surface area contributed by atoms with Crippen molar-refractivity contribution in [3.63, 3.8) is 0 Å². The highest BCUT2D eigenvalue weighted by molar-refractivity contribution is 5.94. The molecule has 1 fully saturated rings. The number of hydrogen-bond acceptors (Lipinski definition) is 5. The molecule has 1 aliphatic rings. The van der Waals surface area contributed by atoms with Gasteiger partial charge in [0.25, 0.3) is 0 Å². The van der Waals surface area contributed by atoms with Gasteiger partial charge < -0.3 is 24.8 Å². The first-order chi connectivity index (χ1) is 9.69. The second-order valence-corrected chi connectivity index (χ2v) is 4.59. The lowest BCUT2D eigenvalue weighted by Gasteiger charge is -2.16. The first-order valence-corrected chi connectivity index (χ1v) is 6.51. The van der Waals surface area contributed by atoms with Gasteiger partial charge in [-0.2, -0.15) is 0 Å². The zero-order valence-electron chi connectivity index (χ0n) is 12.0. The maximum Gasteiger partial charge on any atom is 0.228 e. The molecule has 0 aliphatic carbocycles. The Kier molecular flexibility index (Phi) is 4.68. The fourth-order valence-electron chi connectivity index (χ4n) is 2.24. The van der Waals surface area contributed by atoms with Crippen LogP contribution in [0.4, 0.5) is 5.69 Å². The highest BCUT2D eigenvalue weighted by Crippen LogP contribution is 2.38. The van der Waals surface area contributed by atoms with E-state index in [9.17, 15) is 4.79 Å². The maximum atomic E-state index is 12.2. The Morgan fingerprint density at radius 1 is 1.15 bits per heavy atom. The van der Waals surface area contributed by atoms with Crippen molar-refractivity contribution in [1.29, 1.82) is 0 Å². The third-order valence-electron chi connectivity index (χ3n) is 3.39. The van der Waals surface area contributed by atoms with Crippen LogP contribution < -0.4 is 24.8 Å². The first kappa shape index (κ1) is 14.5. The molecule has 0 saturated carbocycles. The minimum Gasteiger partial charge on any atom is -0.494 e. The van der Waals surface area contributed by atoms with Crippen molar-refractivity contribution < 1.29 is 19.0 Å². The van der Waals surface area contributed by atoms with E-state index in [2.05, 4.69) is 10.6 Å². The van der Waals surface area contributed by atoms with Crippen LogP contribution in [0.25, 0.3) is 0 Å². The summed E-state index contributed by atoms with van der Waals surface area (Å²) in [6.07, 6.45) is 0.849. The van der Waals surface area contributed by atoms with E-state index < -0.39 is 0 Å². The van der Waals surface area contributed by atoms with E-state index in [1.54, 1.807) is 33.5 Å². The number of benzene rings is 1. The van der Waals surface area contributed by atoms with E-state index in [4.69, 9.17) is 14.2 Å². The molecule has 110 valence electrons. The number of amides is 1. The predicted molar refractivity (Wildman–Crippen MR) is 75.7 cm³/mol. The van der Waals surface area contributed by atoms with Crippen molar-refractivity contribution in [2.75, 3.05) is 39.7 Å². The molecule has 1 aliphatic heterocycles. The molecule has 6 nitrogen and oxygen atoms in total. The van der Waals surface area contributed by atoms with Crippen molar-refractivity contribution in [1.82, 2.24) is 5.32 Å². The lowest BCUT2D eigenvalue weighted by Crippen LogP contribution is -2.24. The van der Waals surface area contributed by atoms with E-state index in [0.29, 0.717) is 29.5 Å². The van der Waals surface area contributed by atoms with Gasteiger partial charge in [0, 0.05) is 18.7 Å². The highest BCUT2D eigenvalue weighted by atomic mass is 16.5. The number of rotatable bonds is 5. The predicted octanol–water partition coefficient (Wildman–Crippen LogP) is 1.26. The second kappa shape index (κ2) is 6.47. The minimum atomic E-state index is -0.0134. The van der Waals surface area contributed by atoms with Crippen LogP contribution in [0.15, 0.2) is 12.1 Å². The van der Waals surface area contributed by atoms with Crippen molar-refractivity contribution in [2.45, 2.75) is 6.42 Å². The quantitative estimate of drug-likeness (QED) is 0.850. The molecule has 20 heavy (non-hydrogen) atoms. The molecule has 0 bridgehead atoms. The highest BCUT2D eigenvalue weighted by Gasteiger charge is 2.24. The summed E-state index contributed by atoms with van der Waals surface area (Å²) >= 11 is 0. The number of ether oxygens (including phenoxy) is 3. The van der Waals surface area contributed by atoms with Crippen LogP contribution in [0.2, 0.25) is 0 Å². The van der Waals surface area contributed by atoms with Gasteiger partial charge in [0.2, 0.25) is 5.91 Å². The number of nitrogens with one attached hydrogen (secondary N) is 2. The number of carbonyl (C=O) groups excluding carboxylic acids is 1. The molecule has 1 atom stereocenters. The molecule has 0 radical (unpaired) electrons. The average molecular weight is 280 g/mol. The lowest BCUT2D eigenvalue weighted by atomic mass is 10.1. The summed E-state index contributed by atoms with van der Waals surface area (Å²) in [5, 5.41) is 6.06. The lowest BCUT2D eigenvalue weighted by molar-refractivity contribution is -0.119. The van der Waals surface area contributed by atoms with Crippen LogP contribution in [0.3, 0.4) is 0 Å². The van der Waals surface area contributed by atoms with Gasteiger partial charge in [-0.1, -0.05) is 0 Å². The van der Waals surface area contributed by atoms with Crippen LogP contribution in [-0.2, 0) is 4.79 Å². The average Bonchev–Trinajstić information content (AvgIpc) is 3.01. The number of methoxy groups -OCH3 is 3. The van der Waals surface area contributed by atoms with Crippen molar-refractivity contribution in [3.05, 3.63) is 12.1 Å². The van der Waals surface area contributed by atoms with Crippen LogP contribution in [0, 0.1) is 5.92 Å². The number of anilines is 1.